The summed E-state index contributed by atoms with van der Waals surface area (Å²) in [4.78, 5) is 34.6. The molecule has 0 aromatic heterocycles. The summed E-state index contributed by atoms with van der Waals surface area (Å²) in [5, 5.41) is 14.0. The van der Waals surface area contributed by atoms with Gasteiger partial charge in [0.1, 0.15) is 6.04 Å². The zero-order valence-electron chi connectivity index (χ0n) is 13.8. The SMILES string of the molecule is CC(C)C[C@H](NC(=O)CNC(=O)CCc1ccc(Br)cc1)C(=O)O. The van der Waals surface area contributed by atoms with Gasteiger partial charge in [-0.2, -0.15) is 0 Å². The fourth-order valence-corrected chi connectivity index (χ4v) is 2.38. The van der Waals surface area contributed by atoms with Crippen molar-refractivity contribution in [3.8, 4) is 0 Å². The van der Waals surface area contributed by atoms with Crippen molar-refractivity contribution in [2.45, 2.75) is 39.2 Å². The van der Waals surface area contributed by atoms with Crippen LogP contribution in [0.2, 0.25) is 0 Å². The number of carbonyl (C=O) groups is 3. The molecule has 0 spiro atoms. The van der Waals surface area contributed by atoms with Gasteiger partial charge in [-0.15, -0.1) is 0 Å². The van der Waals surface area contributed by atoms with Crippen molar-refractivity contribution >= 4 is 33.7 Å². The van der Waals surface area contributed by atoms with E-state index in [9.17, 15) is 14.4 Å². The molecule has 0 heterocycles. The number of halogens is 1. The molecule has 0 unspecified atom stereocenters. The standard InChI is InChI=1S/C17H23BrN2O4/c1-11(2)9-14(17(23)24)20-16(22)10-19-15(21)8-5-12-3-6-13(18)7-4-12/h3-4,6-7,11,14H,5,8-10H2,1-2H3,(H,19,21)(H,20,22)(H,23,24)/t14-/m0/s1. The summed E-state index contributed by atoms with van der Waals surface area (Å²) < 4.78 is 0.974. The summed E-state index contributed by atoms with van der Waals surface area (Å²) in [6.45, 7) is 3.54. The minimum Gasteiger partial charge on any atom is -0.480 e. The Kier molecular flexibility index (Phi) is 8.46. The fourth-order valence-electron chi connectivity index (χ4n) is 2.11. The molecule has 0 aliphatic rings. The van der Waals surface area contributed by atoms with Crippen LogP contribution in [0.1, 0.15) is 32.3 Å². The van der Waals surface area contributed by atoms with Gasteiger partial charge < -0.3 is 15.7 Å². The second kappa shape index (κ2) is 10.1. The van der Waals surface area contributed by atoms with Crippen LogP contribution < -0.4 is 10.6 Å². The van der Waals surface area contributed by atoms with Crippen LogP contribution in [0.4, 0.5) is 0 Å². The van der Waals surface area contributed by atoms with E-state index in [1.807, 2.05) is 38.1 Å². The molecule has 0 aliphatic carbocycles. The predicted molar refractivity (Wildman–Crippen MR) is 94.5 cm³/mol. The second-order valence-corrected chi connectivity index (χ2v) is 6.91. The molecule has 6 nitrogen and oxygen atoms in total. The highest BCUT2D eigenvalue weighted by Crippen LogP contribution is 2.11. The van der Waals surface area contributed by atoms with E-state index in [-0.39, 0.29) is 24.8 Å². The second-order valence-electron chi connectivity index (χ2n) is 5.99. The van der Waals surface area contributed by atoms with Crippen molar-refractivity contribution in [1.29, 1.82) is 0 Å². The Morgan fingerprint density at radius 1 is 1.12 bits per heavy atom. The molecule has 1 rings (SSSR count). The van der Waals surface area contributed by atoms with Gasteiger partial charge in [-0.25, -0.2) is 4.79 Å². The number of rotatable bonds is 9. The lowest BCUT2D eigenvalue weighted by Gasteiger charge is -2.16. The lowest BCUT2D eigenvalue weighted by atomic mass is 10.0. The number of carboxylic acid groups (broad SMARTS) is 1. The Labute approximate surface area is 150 Å². The Hall–Kier alpha value is -1.89. The molecule has 1 aromatic rings. The summed E-state index contributed by atoms with van der Waals surface area (Å²) in [7, 11) is 0. The van der Waals surface area contributed by atoms with Crippen molar-refractivity contribution in [1.82, 2.24) is 10.6 Å². The van der Waals surface area contributed by atoms with Gasteiger partial charge in [0.15, 0.2) is 0 Å². The van der Waals surface area contributed by atoms with Crippen LogP contribution in [0.15, 0.2) is 28.7 Å². The quantitative estimate of drug-likeness (QED) is 0.593. The molecule has 0 saturated carbocycles. The van der Waals surface area contributed by atoms with Gasteiger partial charge in [0.05, 0.1) is 6.54 Å². The van der Waals surface area contributed by atoms with E-state index in [0.717, 1.165) is 10.0 Å². The number of hydrogen-bond donors (Lipinski definition) is 3. The average molecular weight is 399 g/mol. The van der Waals surface area contributed by atoms with Crippen LogP contribution in [0.25, 0.3) is 0 Å². The normalized spacial score (nSPS) is 11.8. The molecule has 0 fully saturated rings. The van der Waals surface area contributed by atoms with Gasteiger partial charge >= 0.3 is 5.97 Å². The molecule has 0 aliphatic heterocycles. The van der Waals surface area contributed by atoms with E-state index < -0.39 is 17.9 Å². The number of nitrogens with one attached hydrogen (secondary N) is 2. The van der Waals surface area contributed by atoms with E-state index in [2.05, 4.69) is 26.6 Å². The lowest BCUT2D eigenvalue weighted by Crippen LogP contribution is -2.46. The summed E-state index contributed by atoms with van der Waals surface area (Å²) in [5.41, 5.74) is 1.03. The minimum atomic E-state index is -1.07. The molecule has 1 aromatic carbocycles. The molecular formula is C17H23BrN2O4. The van der Waals surface area contributed by atoms with Crippen LogP contribution in [0, 0.1) is 5.92 Å². The fraction of sp³-hybridized carbons (Fsp3) is 0.471. The van der Waals surface area contributed by atoms with E-state index in [0.29, 0.717) is 12.8 Å². The van der Waals surface area contributed by atoms with Gasteiger partial charge in [-0.3, -0.25) is 9.59 Å². The minimum absolute atomic E-state index is 0.145. The number of aliphatic carboxylic acids is 1. The molecule has 7 heteroatoms. The third-order valence-electron chi connectivity index (χ3n) is 3.34. The van der Waals surface area contributed by atoms with E-state index in [1.165, 1.54) is 0 Å². The van der Waals surface area contributed by atoms with Crippen LogP contribution in [-0.4, -0.2) is 35.5 Å². The van der Waals surface area contributed by atoms with Crippen LogP contribution in [0.3, 0.4) is 0 Å². The topological polar surface area (TPSA) is 95.5 Å². The first kappa shape index (κ1) is 20.2. The maximum Gasteiger partial charge on any atom is 0.326 e. The monoisotopic (exact) mass is 398 g/mol. The molecule has 0 bridgehead atoms. The van der Waals surface area contributed by atoms with E-state index in [4.69, 9.17) is 5.11 Å². The van der Waals surface area contributed by atoms with Crippen molar-refractivity contribution in [2.75, 3.05) is 6.54 Å². The smallest absolute Gasteiger partial charge is 0.326 e. The van der Waals surface area contributed by atoms with Crippen molar-refractivity contribution in [3.05, 3.63) is 34.3 Å². The molecular weight excluding hydrogens is 376 g/mol. The Bertz CT molecular complexity index is 572. The average Bonchev–Trinajstić information content (AvgIpc) is 2.51. The summed E-state index contributed by atoms with van der Waals surface area (Å²) in [6, 6.07) is 6.72. The summed E-state index contributed by atoms with van der Waals surface area (Å²) in [5.74, 6) is -1.67. The molecule has 0 saturated heterocycles. The lowest BCUT2D eigenvalue weighted by molar-refractivity contribution is -0.142. The van der Waals surface area contributed by atoms with Gasteiger partial charge in [-0.05, 0) is 36.5 Å². The number of benzene rings is 1. The highest BCUT2D eigenvalue weighted by atomic mass is 79.9. The van der Waals surface area contributed by atoms with Crippen molar-refractivity contribution in [2.24, 2.45) is 5.92 Å². The Morgan fingerprint density at radius 3 is 2.29 bits per heavy atom. The molecule has 3 N–H and O–H groups in total. The Balaban J connectivity index is 2.33. The molecule has 1 atom stereocenters. The van der Waals surface area contributed by atoms with Gasteiger partial charge in [0, 0.05) is 10.9 Å². The Morgan fingerprint density at radius 2 is 1.75 bits per heavy atom. The number of carboxylic acids is 1. The molecule has 0 radical (unpaired) electrons. The van der Waals surface area contributed by atoms with Gasteiger partial charge in [0.2, 0.25) is 11.8 Å². The van der Waals surface area contributed by atoms with Crippen molar-refractivity contribution < 1.29 is 19.5 Å². The maximum atomic E-state index is 11.8. The first-order valence-corrected chi connectivity index (χ1v) is 8.60. The zero-order chi connectivity index (χ0) is 18.1. The third-order valence-corrected chi connectivity index (χ3v) is 3.87. The van der Waals surface area contributed by atoms with Crippen LogP contribution in [-0.2, 0) is 20.8 Å². The highest BCUT2D eigenvalue weighted by molar-refractivity contribution is 9.10. The van der Waals surface area contributed by atoms with E-state index >= 15 is 0 Å². The number of hydrogen-bond acceptors (Lipinski definition) is 3. The van der Waals surface area contributed by atoms with Crippen LogP contribution in [0.5, 0.6) is 0 Å². The first-order valence-electron chi connectivity index (χ1n) is 7.81. The largest absolute Gasteiger partial charge is 0.480 e. The third kappa shape index (κ3) is 8.10. The molecule has 2 amide bonds. The highest BCUT2D eigenvalue weighted by Gasteiger charge is 2.21. The molecule has 24 heavy (non-hydrogen) atoms. The number of aryl methyl sites for hydroxylation is 1. The predicted octanol–water partition coefficient (Wildman–Crippen LogP) is 2.11. The summed E-state index contributed by atoms with van der Waals surface area (Å²) in [6.07, 6.45) is 1.19. The van der Waals surface area contributed by atoms with Crippen LogP contribution >= 0.6 is 15.9 Å². The van der Waals surface area contributed by atoms with Gasteiger partial charge in [0.25, 0.3) is 0 Å². The molecule has 132 valence electrons. The number of amides is 2. The van der Waals surface area contributed by atoms with Gasteiger partial charge in [-0.1, -0.05) is 41.9 Å². The first-order chi connectivity index (χ1) is 11.3. The zero-order valence-corrected chi connectivity index (χ0v) is 15.4. The maximum absolute atomic E-state index is 11.8. The van der Waals surface area contributed by atoms with Crippen molar-refractivity contribution in [3.63, 3.8) is 0 Å². The number of carbonyl (C=O) groups excluding carboxylic acids is 2. The van der Waals surface area contributed by atoms with E-state index in [1.54, 1.807) is 0 Å². The summed E-state index contributed by atoms with van der Waals surface area (Å²) >= 11 is 3.35.